The number of rotatable bonds is 7. The van der Waals surface area contributed by atoms with Gasteiger partial charge in [0, 0.05) is 5.88 Å². The average molecular weight is 262 g/mol. The molecule has 2 unspecified atom stereocenters. The third kappa shape index (κ3) is 5.94. The first-order chi connectivity index (χ1) is 6.63. The summed E-state index contributed by atoms with van der Waals surface area (Å²) < 4.78 is 4.91. The summed E-state index contributed by atoms with van der Waals surface area (Å²) in [6.45, 7) is 2.48. The van der Waals surface area contributed by atoms with Crippen LogP contribution in [0.1, 0.15) is 26.2 Å². The van der Waals surface area contributed by atoms with E-state index in [1.165, 1.54) is 0 Å². The van der Waals surface area contributed by atoms with E-state index in [4.69, 9.17) is 39.5 Å². The number of hydrogen-bond acceptors (Lipinski definition) is 2. The molecule has 5 heteroatoms. The fraction of sp³-hybridized carbons (Fsp3) is 0.889. The first-order valence-corrected chi connectivity index (χ1v) is 6.05. The lowest BCUT2D eigenvalue weighted by Crippen LogP contribution is -2.28. The lowest BCUT2D eigenvalue weighted by Gasteiger charge is -2.12. The maximum Gasteiger partial charge on any atom is 0.325 e. The van der Waals surface area contributed by atoms with Crippen LogP contribution < -0.4 is 0 Å². The Morgan fingerprint density at radius 2 is 2.00 bits per heavy atom. The van der Waals surface area contributed by atoms with Crippen molar-refractivity contribution in [3.8, 4) is 0 Å². The highest BCUT2D eigenvalue weighted by atomic mass is 35.5. The highest BCUT2D eigenvalue weighted by Crippen LogP contribution is 2.13. The average Bonchev–Trinajstić information content (AvgIpc) is 2.21. The third-order valence-electron chi connectivity index (χ3n) is 1.68. The van der Waals surface area contributed by atoms with Crippen molar-refractivity contribution in [2.45, 2.75) is 36.9 Å². The van der Waals surface area contributed by atoms with E-state index in [2.05, 4.69) is 6.92 Å². The molecule has 0 aliphatic heterocycles. The molecule has 0 aromatic carbocycles. The number of alkyl halides is 3. The Labute approximate surface area is 99.8 Å². The molecule has 0 saturated heterocycles. The largest absolute Gasteiger partial charge is 0.465 e. The Bertz CT molecular complexity index is 164. The maximum absolute atomic E-state index is 11.2. The second-order valence-electron chi connectivity index (χ2n) is 2.95. The standard InChI is InChI=1S/C9H15Cl3O2/c1-2-3-4-5-14-9(13)8(12)7(11)6-10/h7-8H,2-6H2,1H3. The molecule has 0 saturated carbocycles. The summed E-state index contributed by atoms with van der Waals surface area (Å²) in [6.07, 6.45) is 2.99. The van der Waals surface area contributed by atoms with Crippen LogP contribution in [-0.2, 0) is 9.53 Å². The molecular formula is C9H15Cl3O2. The van der Waals surface area contributed by atoms with Crippen LogP contribution >= 0.6 is 34.8 Å². The van der Waals surface area contributed by atoms with E-state index in [0.717, 1.165) is 19.3 Å². The van der Waals surface area contributed by atoms with Gasteiger partial charge in [-0.3, -0.25) is 4.79 Å². The molecule has 0 aliphatic carbocycles. The van der Waals surface area contributed by atoms with Gasteiger partial charge in [0.05, 0.1) is 12.0 Å². The van der Waals surface area contributed by atoms with Crippen LogP contribution in [0.4, 0.5) is 0 Å². The summed E-state index contributed by atoms with van der Waals surface area (Å²) in [4.78, 5) is 11.2. The van der Waals surface area contributed by atoms with Crippen molar-refractivity contribution >= 4 is 40.8 Å². The molecule has 0 N–H and O–H groups in total. The van der Waals surface area contributed by atoms with Gasteiger partial charge in [0.1, 0.15) is 5.38 Å². The van der Waals surface area contributed by atoms with E-state index < -0.39 is 16.7 Å². The number of esters is 1. The quantitative estimate of drug-likeness (QED) is 0.400. The van der Waals surface area contributed by atoms with E-state index in [1.807, 2.05) is 0 Å². The SMILES string of the molecule is CCCCCOC(=O)C(Cl)C(Cl)CCl. The molecule has 0 aliphatic rings. The van der Waals surface area contributed by atoms with Crippen LogP contribution in [0.15, 0.2) is 0 Å². The molecule has 0 fully saturated rings. The molecular weight excluding hydrogens is 246 g/mol. The fourth-order valence-corrected chi connectivity index (χ4v) is 1.35. The minimum Gasteiger partial charge on any atom is -0.465 e. The first-order valence-electron chi connectivity index (χ1n) is 4.64. The Morgan fingerprint density at radius 3 is 2.50 bits per heavy atom. The molecule has 0 bridgehead atoms. The van der Waals surface area contributed by atoms with Gasteiger partial charge >= 0.3 is 5.97 Å². The smallest absolute Gasteiger partial charge is 0.325 e. The van der Waals surface area contributed by atoms with Crippen molar-refractivity contribution in [3.05, 3.63) is 0 Å². The topological polar surface area (TPSA) is 26.3 Å². The molecule has 0 rings (SSSR count). The van der Waals surface area contributed by atoms with Gasteiger partial charge in [0.2, 0.25) is 0 Å². The Kier molecular flexibility index (Phi) is 8.84. The molecule has 0 heterocycles. The van der Waals surface area contributed by atoms with Gasteiger partial charge in [-0.1, -0.05) is 19.8 Å². The van der Waals surface area contributed by atoms with Crippen LogP contribution in [-0.4, -0.2) is 29.2 Å². The number of hydrogen-bond donors (Lipinski definition) is 0. The van der Waals surface area contributed by atoms with Gasteiger partial charge in [0.15, 0.2) is 0 Å². The molecule has 2 atom stereocenters. The Balaban J connectivity index is 3.62. The van der Waals surface area contributed by atoms with Crippen molar-refractivity contribution in [1.29, 1.82) is 0 Å². The number of ether oxygens (including phenoxy) is 1. The van der Waals surface area contributed by atoms with E-state index >= 15 is 0 Å². The number of unbranched alkanes of at least 4 members (excludes halogenated alkanes) is 2. The van der Waals surface area contributed by atoms with E-state index in [9.17, 15) is 4.79 Å². The zero-order valence-corrected chi connectivity index (χ0v) is 10.4. The monoisotopic (exact) mass is 260 g/mol. The van der Waals surface area contributed by atoms with Crippen molar-refractivity contribution in [2.75, 3.05) is 12.5 Å². The van der Waals surface area contributed by atoms with Crippen LogP contribution in [0, 0.1) is 0 Å². The summed E-state index contributed by atoms with van der Waals surface area (Å²) >= 11 is 16.8. The zero-order chi connectivity index (χ0) is 11.0. The first kappa shape index (κ1) is 14.3. The highest BCUT2D eigenvalue weighted by molar-refractivity contribution is 6.39. The minimum absolute atomic E-state index is 0.139. The summed E-state index contributed by atoms with van der Waals surface area (Å²) in [7, 11) is 0. The van der Waals surface area contributed by atoms with Crippen LogP contribution in [0.3, 0.4) is 0 Å². The van der Waals surface area contributed by atoms with E-state index in [-0.39, 0.29) is 5.88 Å². The van der Waals surface area contributed by atoms with Crippen molar-refractivity contribution in [1.82, 2.24) is 0 Å². The summed E-state index contributed by atoms with van der Waals surface area (Å²) in [5, 5.41) is -1.42. The maximum atomic E-state index is 11.2. The molecule has 0 amide bonds. The van der Waals surface area contributed by atoms with Gasteiger partial charge in [0.25, 0.3) is 0 Å². The van der Waals surface area contributed by atoms with Crippen LogP contribution in [0.2, 0.25) is 0 Å². The highest BCUT2D eigenvalue weighted by Gasteiger charge is 2.24. The van der Waals surface area contributed by atoms with E-state index in [0.29, 0.717) is 6.61 Å². The lowest BCUT2D eigenvalue weighted by atomic mass is 10.3. The molecule has 2 nitrogen and oxygen atoms in total. The van der Waals surface area contributed by atoms with Crippen molar-refractivity contribution < 1.29 is 9.53 Å². The van der Waals surface area contributed by atoms with Gasteiger partial charge in [-0.25, -0.2) is 0 Å². The molecule has 0 radical (unpaired) electrons. The third-order valence-corrected chi connectivity index (χ3v) is 3.19. The van der Waals surface area contributed by atoms with Crippen molar-refractivity contribution in [3.63, 3.8) is 0 Å². The second kappa shape index (κ2) is 8.63. The number of carbonyl (C=O) groups is 1. The van der Waals surface area contributed by atoms with Crippen molar-refractivity contribution in [2.24, 2.45) is 0 Å². The predicted molar refractivity (Wildman–Crippen MR) is 60.5 cm³/mol. The van der Waals surface area contributed by atoms with Crippen LogP contribution in [0.5, 0.6) is 0 Å². The van der Waals surface area contributed by atoms with Gasteiger partial charge in [-0.15, -0.1) is 34.8 Å². The Morgan fingerprint density at radius 1 is 1.36 bits per heavy atom. The summed E-state index contributed by atoms with van der Waals surface area (Å²) in [5.41, 5.74) is 0. The lowest BCUT2D eigenvalue weighted by molar-refractivity contribution is -0.143. The normalized spacial score (nSPS) is 14.9. The van der Waals surface area contributed by atoms with Gasteiger partial charge in [-0.05, 0) is 6.42 Å². The second-order valence-corrected chi connectivity index (χ2v) is 4.29. The van der Waals surface area contributed by atoms with E-state index in [1.54, 1.807) is 0 Å². The van der Waals surface area contributed by atoms with Crippen LogP contribution in [0.25, 0.3) is 0 Å². The zero-order valence-electron chi connectivity index (χ0n) is 8.14. The summed E-state index contributed by atoms with van der Waals surface area (Å²) in [6, 6.07) is 0. The predicted octanol–water partition coefficient (Wildman–Crippen LogP) is 3.17. The fourth-order valence-electron chi connectivity index (χ4n) is 0.830. The minimum atomic E-state index is -0.851. The molecule has 84 valence electrons. The molecule has 0 aromatic rings. The Hall–Kier alpha value is 0.340. The summed E-state index contributed by atoms with van der Waals surface area (Å²) in [5.74, 6) is -0.344. The molecule has 0 aromatic heterocycles. The van der Waals surface area contributed by atoms with Gasteiger partial charge in [-0.2, -0.15) is 0 Å². The number of carbonyl (C=O) groups excluding carboxylic acids is 1. The molecule has 0 spiro atoms. The number of halogens is 3. The van der Waals surface area contributed by atoms with Gasteiger partial charge < -0.3 is 4.74 Å². The molecule has 14 heavy (non-hydrogen) atoms.